The van der Waals surface area contributed by atoms with Gasteiger partial charge in [-0.05, 0) is 25.5 Å². The van der Waals surface area contributed by atoms with Gasteiger partial charge in [0.2, 0.25) is 5.91 Å². The fourth-order valence-electron chi connectivity index (χ4n) is 2.37. The SMILES string of the molecule is CC[C@@H](Sc1nc2nc[nH]c2c(=O)[nH]1)C(=O)Nc1cccc(C(C)=O)c1. The summed E-state index contributed by atoms with van der Waals surface area (Å²) in [6.45, 7) is 3.34. The van der Waals surface area contributed by atoms with Crippen molar-refractivity contribution >= 4 is 40.3 Å². The molecule has 0 aliphatic carbocycles. The molecule has 134 valence electrons. The van der Waals surface area contributed by atoms with Gasteiger partial charge in [-0.2, -0.15) is 0 Å². The number of aromatic nitrogens is 4. The summed E-state index contributed by atoms with van der Waals surface area (Å²) in [6.07, 6.45) is 1.93. The number of benzene rings is 1. The van der Waals surface area contributed by atoms with Crippen LogP contribution in [-0.4, -0.2) is 36.9 Å². The van der Waals surface area contributed by atoms with Gasteiger partial charge < -0.3 is 10.3 Å². The zero-order valence-electron chi connectivity index (χ0n) is 14.2. The Kier molecular flexibility index (Phi) is 5.17. The van der Waals surface area contributed by atoms with Crippen LogP contribution in [0.25, 0.3) is 11.2 Å². The quantitative estimate of drug-likeness (QED) is 0.347. The highest BCUT2D eigenvalue weighted by atomic mass is 32.2. The van der Waals surface area contributed by atoms with E-state index in [9.17, 15) is 14.4 Å². The molecular weight excluding hydrogens is 354 g/mol. The minimum Gasteiger partial charge on any atom is -0.339 e. The normalized spacial score (nSPS) is 12.1. The van der Waals surface area contributed by atoms with Crippen LogP contribution in [0.1, 0.15) is 30.6 Å². The Labute approximate surface area is 152 Å². The molecule has 8 nitrogen and oxygen atoms in total. The Morgan fingerprint density at radius 2 is 2.15 bits per heavy atom. The van der Waals surface area contributed by atoms with Crippen LogP contribution < -0.4 is 10.9 Å². The van der Waals surface area contributed by atoms with E-state index in [0.29, 0.717) is 34.0 Å². The van der Waals surface area contributed by atoms with Gasteiger partial charge in [0, 0.05) is 11.3 Å². The molecule has 0 fully saturated rings. The van der Waals surface area contributed by atoms with Crippen molar-refractivity contribution in [3.8, 4) is 0 Å². The molecule has 0 saturated carbocycles. The lowest BCUT2D eigenvalue weighted by molar-refractivity contribution is -0.115. The summed E-state index contributed by atoms with van der Waals surface area (Å²) in [7, 11) is 0. The number of amides is 1. The van der Waals surface area contributed by atoms with Gasteiger partial charge in [-0.25, -0.2) is 9.97 Å². The molecule has 1 atom stereocenters. The van der Waals surface area contributed by atoms with Crippen molar-refractivity contribution < 1.29 is 9.59 Å². The largest absolute Gasteiger partial charge is 0.339 e. The van der Waals surface area contributed by atoms with Crippen LogP contribution in [0.2, 0.25) is 0 Å². The zero-order valence-corrected chi connectivity index (χ0v) is 15.0. The number of fused-ring (bicyclic) bond motifs is 1. The van der Waals surface area contributed by atoms with E-state index < -0.39 is 5.25 Å². The van der Waals surface area contributed by atoms with E-state index >= 15 is 0 Å². The number of Topliss-reactive ketones (excluding diaryl/α,β-unsaturated/α-hetero) is 1. The number of carbonyl (C=O) groups is 2. The summed E-state index contributed by atoms with van der Waals surface area (Å²) in [5.41, 5.74) is 1.34. The molecule has 26 heavy (non-hydrogen) atoms. The molecule has 1 aromatic carbocycles. The van der Waals surface area contributed by atoms with Gasteiger partial charge in [0.25, 0.3) is 5.56 Å². The first-order valence-electron chi connectivity index (χ1n) is 8.00. The lowest BCUT2D eigenvalue weighted by atomic mass is 10.1. The highest BCUT2D eigenvalue weighted by molar-refractivity contribution is 8.00. The van der Waals surface area contributed by atoms with Crippen molar-refractivity contribution in [3.05, 3.63) is 46.5 Å². The number of thioether (sulfide) groups is 1. The molecule has 3 aromatic rings. The Bertz CT molecular complexity index is 1030. The van der Waals surface area contributed by atoms with Crippen molar-refractivity contribution in [2.24, 2.45) is 0 Å². The second-order valence-corrected chi connectivity index (χ2v) is 6.80. The minimum absolute atomic E-state index is 0.0726. The molecule has 0 unspecified atom stereocenters. The summed E-state index contributed by atoms with van der Waals surface area (Å²) < 4.78 is 0. The monoisotopic (exact) mass is 371 g/mol. The number of carbonyl (C=O) groups excluding carboxylic acids is 2. The van der Waals surface area contributed by atoms with Crippen LogP contribution in [0.15, 0.2) is 40.5 Å². The molecule has 0 aliphatic heterocycles. The molecule has 2 heterocycles. The number of hydrogen-bond donors (Lipinski definition) is 3. The van der Waals surface area contributed by atoms with Crippen molar-refractivity contribution in [1.29, 1.82) is 0 Å². The lowest BCUT2D eigenvalue weighted by Crippen LogP contribution is -2.25. The van der Waals surface area contributed by atoms with E-state index in [0.717, 1.165) is 11.8 Å². The second kappa shape index (κ2) is 7.52. The third-order valence-electron chi connectivity index (χ3n) is 3.73. The highest BCUT2D eigenvalue weighted by Gasteiger charge is 2.20. The Balaban J connectivity index is 1.77. The summed E-state index contributed by atoms with van der Waals surface area (Å²) in [4.78, 5) is 49.6. The van der Waals surface area contributed by atoms with Crippen LogP contribution in [0, 0.1) is 0 Å². The van der Waals surface area contributed by atoms with Crippen molar-refractivity contribution in [3.63, 3.8) is 0 Å². The minimum atomic E-state index is -0.462. The number of anilines is 1. The van der Waals surface area contributed by atoms with Gasteiger partial charge in [-0.15, -0.1) is 0 Å². The number of imidazole rings is 1. The van der Waals surface area contributed by atoms with Crippen molar-refractivity contribution in [2.75, 3.05) is 5.32 Å². The lowest BCUT2D eigenvalue weighted by Gasteiger charge is -2.14. The molecule has 0 aliphatic rings. The predicted molar refractivity (Wildman–Crippen MR) is 99.5 cm³/mol. The summed E-state index contributed by atoms with van der Waals surface area (Å²) in [6, 6.07) is 6.76. The van der Waals surface area contributed by atoms with Crippen LogP contribution >= 0.6 is 11.8 Å². The fourth-order valence-corrected chi connectivity index (χ4v) is 3.27. The first-order valence-corrected chi connectivity index (χ1v) is 8.87. The average Bonchev–Trinajstić information content (AvgIpc) is 3.09. The smallest absolute Gasteiger partial charge is 0.277 e. The van der Waals surface area contributed by atoms with E-state index in [2.05, 4.69) is 25.3 Å². The van der Waals surface area contributed by atoms with Crippen LogP contribution in [-0.2, 0) is 4.79 Å². The van der Waals surface area contributed by atoms with Gasteiger partial charge >= 0.3 is 0 Å². The van der Waals surface area contributed by atoms with Crippen LogP contribution in [0.5, 0.6) is 0 Å². The summed E-state index contributed by atoms with van der Waals surface area (Å²) >= 11 is 1.16. The number of aromatic amines is 2. The summed E-state index contributed by atoms with van der Waals surface area (Å²) in [5.74, 6) is -0.306. The molecule has 1 amide bonds. The number of hydrogen-bond acceptors (Lipinski definition) is 6. The first kappa shape index (κ1) is 17.9. The Hall–Kier alpha value is -2.94. The predicted octanol–water partition coefficient (Wildman–Crippen LogP) is 2.36. The average molecular weight is 371 g/mol. The molecule has 3 N–H and O–H groups in total. The fraction of sp³-hybridized carbons (Fsp3) is 0.235. The van der Waals surface area contributed by atoms with Gasteiger partial charge in [-0.1, -0.05) is 30.8 Å². The number of ketones is 1. The zero-order chi connectivity index (χ0) is 18.7. The Morgan fingerprint density at radius 3 is 2.88 bits per heavy atom. The Morgan fingerprint density at radius 1 is 1.35 bits per heavy atom. The van der Waals surface area contributed by atoms with E-state index in [4.69, 9.17) is 0 Å². The van der Waals surface area contributed by atoms with Crippen LogP contribution in [0.3, 0.4) is 0 Å². The number of nitrogens with one attached hydrogen (secondary N) is 3. The van der Waals surface area contributed by atoms with Crippen molar-refractivity contribution in [1.82, 2.24) is 19.9 Å². The maximum Gasteiger partial charge on any atom is 0.277 e. The number of rotatable bonds is 6. The van der Waals surface area contributed by atoms with E-state index in [1.807, 2.05) is 6.92 Å². The molecule has 0 bridgehead atoms. The molecule has 2 aromatic heterocycles. The molecule has 0 radical (unpaired) electrons. The third kappa shape index (κ3) is 3.83. The van der Waals surface area contributed by atoms with Gasteiger partial charge in [-0.3, -0.25) is 19.4 Å². The van der Waals surface area contributed by atoms with Gasteiger partial charge in [0.05, 0.1) is 11.6 Å². The molecule has 0 saturated heterocycles. The van der Waals surface area contributed by atoms with Crippen LogP contribution in [0.4, 0.5) is 5.69 Å². The van der Waals surface area contributed by atoms with E-state index in [1.54, 1.807) is 24.3 Å². The number of nitrogens with zero attached hydrogens (tertiary/aromatic N) is 2. The molecule has 3 rings (SSSR count). The molecule has 0 spiro atoms. The first-order chi connectivity index (χ1) is 12.5. The summed E-state index contributed by atoms with van der Waals surface area (Å²) in [5, 5.41) is 2.67. The maximum absolute atomic E-state index is 12.6. The second-order valence-electron chi connectivity index (χ2n) is 5.61. The topological polar surface area (TPSA) is 121 Å². The highest BCUT2D eigenvalue weighted by Crippen LogP contribution is 2.23. The maximum atomic E-state index is 12.6. The third-order valence-corrected chi connectivity index (χ3v) is 4.98. The van der Waals surface area contributed by atoms with Gasteiger partial charge in [0.1, 0.15) is 0 Å². The van der Waals surface area contributed by atoms with Crippen molar-refractivity contribution in [2.45, 2.75) is 30.7 Å². The molecular formula is C17H17N5O3S. The van der Waals surface area contributed by atoms with Gasteiger partial charge in [0.15, 0.2) is 22.1 Å². The van der Waals surface area contributed by atoms with E-state index in [1.165, 1.54) is 13.3 Å². The molecule has 9 heteroatoms. The van der Waals surface area contributed by atoms with E-state index in [-0.39, 0.29) is 17.2 Å². The standard InChI is InChI=1S/C17H17N5O3S/c1-3-12(15(24)20-11-6-4-5-10(7-11)9(2)23)26-17-21-14-13(16(25)22-17)18-8-19-14/h4-8,12H,3H2,1-2H3,(H,20,24)(H2,18,19,21,22,25)/t12-/m1/s1. The number of H-pyrrole nitrogens is 2.